The van der Waals surface area contributed by atoms with Crippen LogP contribution in [-0.2, 0) is 5.88 Å². The Morgan fingerprint density at radius 1 is 1.29 bits per heavy atom. The van der Waals surface area contributed by atoms with Crippen molar-refractivity contribution >= 4 is 45.8 Å². The minimum absolute atomic E-state index is 0.392. The summed E-state index contributed by atoms with van der Waals surface area (Å²) in [6, 6.07) is 4.13. The van der Waals surface area contributed by atoms with Crippen LogP contribution in [-0.4, -0.2) is 34.6 Å². The molecule has 0 radical (unpaired) electrons. The quantitative estimate of drug-likeness (QED) is 0.741. The molecular weight excluding hydrogens is 329 g/mol. The Hall–Kier alpha value is -0.480. The van der Waals surface area contributed by atoms with Gasteiger partial charge in [0.1, 0.15) is 5.82 Å². The highest BCUT2D eigenvalue weighted by Crippen LogP contribution is 2.35. The van der Waals surface area contributed by atoms with Crippen LogP contribution in [0.5, 0.6) is 0 Å². The molecule has 2 atom stereocenters. The highest BCUT2D eigenvalue weighted by Gasteiger charge is 2.28. The van der Waals surface area contributed by atoms with Gasteiger partial charge in [0.15, 0.2) is 0 Å². The fourth-order valence-electron chi connectivity index (χ4n) is 3.33. The summed E-state index contributed by atoms with van der Waals surface area (Å²) in [6.45, 7) is 4.44. The second-order valence-corrected chi connectivity index (χ2v) is 6.96. The molecule has 1 aromatic carbocycles. The average Bonchev–Trinajstić information content (AvgIpc) is 2.77. The lowest BCUT2D eigenvalue weighted by molar-refractivity contribution is 0.160. The largest absolute Gasteiger partial charge is 0.323 e. The third-order valence-electron chi connectivity index (χ3n) is 4.32. The Labute approximate surface area is 139 Å². The second kappa shape index (κ2) is 5.96. The van der Waals surface area contributed by atoms with Crippen LogP contribution in [0.3, 0.4) is 0 Å². The molecule has 1 aromatic heterocycles. The smallest absolute Gasteiger partial charge is 0.125 e. The number of halogens is 3. The maximum atomic E-state index is 6.20. The molecule has 0 bridgehead atoms. The third kappa shape index (κ3) is 2.77. The number of benzene rings is 1. The van der Waals surface area contributed by atoms with E-state index in [1.54, 1.807) is 0 Å². The van der Waals surface area contributed by atoms with Gasteiger partial charge in [0, 0.05) is 12.6 Å². The van der Waals surface area contributed by atoms with Crippen LogP contribution in [0.4, 0.5) is 0 Å². The van der Waals surface area contributed by atoms with E-state index in [2.05, 4.69) is 28.4 Å². The van der Waals surface area contributed by atoms with Crippen molar-refractivity contribution in [1.82, 2.24) is 14.5 Å². The van der Waals surface area contributed by atoms with Crippen LogP contribution in [0.2, 0.25) is 10.0 Å². The van der Waals surface area contributed by atoms with Crippen LogP contribution < -0.4 is 0 Å². The SMILES string of the molecule is CC1CN(C)CCC1n1c(CCl)nc2cc(Cl)c(Cl)cc21. The van der Waals surface area contributed by atoms with E-state index in [9.17, 15) is 0 Å². The lowest BCUT2D eigenvalue weighted by Gasteiger charge is -2.36. The number of hydrogen-bond acceptors (Lipinski definition) is 2. The Morgan fingerprint density at radius 2 is 2.00 bits per heavy atom. The van der Waals surface area contributed by atoms with E-state index >= 15 is 0 Å². The molecule has 0 N–H and O–H groups in total. The number of nitrogens with zero attached hydrogens (tertiary/aromatic N) is 3. The molecule has 2 aromatic rings. The molecule has 0 aliphatic carbocycles. The first-order valence-corrected chi connectivity index (χ1v) is 8.40. The van der Waals surface area contributed by atoms with E-state index in [0.29, 0.717) is 27.9 Å². The predicted octanol–water partition coefficient (Wildman–Crippen LogP) is 4.59. The first-order valence-electron chi connectivity index (χ1n) is 7.11. The highest BCUT2D eigenvalue weighted by molar-refractivity contribution is 6.42. The number of rotatable bonds is 2. The molecule has 0 spiro atoms. The topological polar surface area (TPSA) is 21.1 Å². The monoisotopic (exact) mass is 345 g/mol. The van der Waals surface area contributed by atoms with E-state index < -0.39 is 0 Å². The van der Waals surface area contributed by atoms with Gasteiger partial charge in [-0.25, -0.2) is 4.98 Å². The fraction of sp³-hybridized carbons (Fsp3) is 0.533. The van der Waals surface area contributed by atoms with E-state index in [1.165, 1.54) is 0 Å². The van der Waals surface area contributed by atoms with Crippen molar-refractivity contribution in [2.75, 3.05) is 20.1 Å². The number of aromatic nitrogens is 2. The summed E-state index contributed by atoms with van der Waals surface area (Å²) in [5.41, 5.74) is 1.90. The first-order chi connectivity index (χ1) is 10.0. The molecule has 1 saturated heterocycles. The van der Waals surface area contributed by atoms with Gasteiger partial charge in [0.2, 0.25) is 0 Å². The molecule has 2 unspecified atom stereocenters. The summed E-state index contributed by atoms with van der Waals surface area (Å²) in [7, 11) is 2.16. The minimum Gasteiger partial charge on any atom is -0.323 e. The zero-order valence-corrected chi connectivity index (χ0v) is 14.4. The lowest BCUT2D eigenvalue weighted by Crippen LogP contribution is -2.38. The van der Waals surface area contributed by atoms with Gasteiger partial charge >= 0.3 is 0 Å². The van der Waals surface area contributed by atoms with Crippen LogP contribution in [0, 0.1) is 5.92 Å². The summed E-state index contributed by atoms with van der Waals surface area (Å²) >= 11 is 18.4. The van der Waals surface area contributed by atoms with Gasteiger partial charge in [-0.3, -0.25) is 0 Å². The van der Waals surface area contributed by atoms with Crippen molar-refractivity contribution in [2.45, 2.75) is 25.3 Å². The summed E-state index contributed by atoms with van der Waals surface area (Å²) in [5, 5.41) is 1.10. The molecule has 1 fully saturated rings. The Balaban J connectivity index is 2.14. The molecule has 2 heterocycles. The molecule has 0 amide bonds. The molecule has 6 heteroatoms. The Morgan fingerprint density at radius 3 is 2.67 bits per heavy atom. The number of piperidine rings is 1. The van der Waals surface area contributed by atoms with Gasteiger partial charge in [-0.15, -0.1) is 11.6 Å². The summed E-state index contributed by atoms with van der Waals surface area (Å²) in [6.07, 6.45) is 1.09. The van der Waals surface area contributed by atoms with E-state index in [4.69, 9.17) is 34.8 Å². The van der Waals surface area contributed by atoms with Crippen LogP contribution in [0.25, 0.3) is 11.0 Å². The standard InChI is InChI=1S/C15H18Cl3N3/c1-9-8-20(2)4-3-13(9)21-14-6-11(18)10(17)5-12(14)19-15(21)7-16/h5-6,9,13H,3-4,7-8H2,1-2H3. The second-order valence-electron chi connectivity index (χ2n) is 5.88. The molecule has 114 valence electrons. The van der Waals surface area contributed by atoms with Crippen molar-refractivity contribution in [1.29, 1.82) is 0 Å². The maximum Gasteiger partial charge on any atom is 0.125 e. The third-order valence-corrected chi connectivity index (χ3v) is 5.28. The van der Waals surface area contributed by atoms with Gasteiger partial charge in [0.05, 0.1) is 27.0 Å². The van der Waals surface area contributed by atoms with Crippen molar-refractivity contribution in [3.8, 4) is 0 Å². The highest BCUT2D eigenvalue weighted by atomic mass is 35.5. The van der Waals surface area contributed by atoms with Crippen molar-refractivity contribution in [2.24, 2.45) is 5.92 Å². The number of fused-ring (bicyclic) bond motifs is 1. The van der Waals surface area contributed by atoms with Crippen molar-refractivity contribution < 1.29 is 0 Å². The Bertz CT molecular complexity index is 668. The maximum absolute atomic E-state index is 6.20. The van der Waals surface area contributed by atoms with Crippen LogP contribution in [0.1, 0.15) is 25.2 Å². The Kier molecular flexibility index (Phi) is 4.37. The van der Waals surface area contributed by atoms with Gasteiger partial charge in [-0.2, -0.15) is 0 Å². The molecule has 1 aliphatic heterocycles. The van der Waals surface area contributed by atoms with E-state index in [-0.39, 0.29) is 0 Å². The zero-order chi connectivity index (χ0) is 15.1. The summed E-state index contributed by atoms with van der Waals surface area (Å²) in [5.74, 6) is 1.83. The average molecular weight is 347 g/mol. The molecule has 21 heavy (non-hydrogen) atoms. The molecule has 3 nitrogen and oxygen atoms in total. The lowest BCUT2D eigenvalue weighted by atomic mass is 9.93. The van der Waals surface area contributed by atoms with Crippen molar-refractivity contribution in [3.05, 3.63) is 28.0 Å². The molecule has 3 rings (SSSR count). The summed E-state index contributed by atoms with van der Waals surface area (Å²) < 4.78 is 2.27. The van der Waals surface area contributed by atoms with Crippen LogP contribution >= 0.6 is 34.8 Å². The van der Waals surface area contributed by atoms with Gasteiger partial charge in [-0.1, -0.05) is 30.1 Å². The summed E-state index contributed by atoms with van der Waals surface area (Å²) in [4.78, 5) is 7.00. The molecular formula is C15H18Cl3N3. The van der Waals surface area contributed by atoms with E-state index in [0.717, 1.165) is 36.4 Å². The van der Waals surface area contributed by atoms with Gasteiger partial charge < -0.3 is 9.47 Å². The van der Waals surface area contributed by atoms with Crippen molar-refractivity contribution in [3.63, 3.8) is 0 Å². The molecule has 0 saturated carbocycles. The normalized spacial score (nSPS) is 23.9. The number of hydrogen-bond donors (Lipinski definition) is 0. The van der Waals surface area contributed by atoms with Crippen LogP contribution in [0.15, 0.2) is 12.1 Å². The van der Waals surface area contributed by atoms with E-state index in [1.807, 2.05) is 12.1 Å². The molecule has 1 aliphatic rings. The number of imidazole rings is 1. The number of alkyl halides is 1. The first kappa shape index (κ1) is 15.4. The van der Waals surface area contributed by atoms with Gasteiger partial charge in [-0.05, 0) is 38.1 Å². The number of likely N-dealkylation sites (tertiary alicyclic amines) is 1. The zero-order valence-electron chi connectivity index (χ0n) is 12.1. The minimum atomic E-state index is 0.392. The van der Waals surface area contributed by atoms with Gasteiger partial charge in [0.25, 0.3) is 0 Å². The predicted molar refractivity (Wildman–Crippen MR) is 89.6 cm³/mol. The fourth-order valence-corrected chi connectivity index (χ4v) is 3.83.